The molecule has 4 N–H and O–H groups in total. The molecule has 0 saturated carbocycles. The molecule has 10 heteroatoms. The van der Waals surface area contributed by atoms with Gasteiger partial charge in [0, 0.05) is 0 Å². The molecule has 10 heavy (non-hydrogen) atoms. The lowest BCUT2D eigenvalue weighted by Gasteiger charge is -2.03. The molecule has 0 radical (unpaired) electrons. The van der Waals surface area contributed by atoms with Gasteiger partial charge in [-0.05, 0) is 0 Å². The maximum absolute atomic E-state index is 9.63. The molecule has 0 aliphatic carbocycles. The summed E-state index contributed by atoms with van der Waals surface area (Å²) < 4.78 is 22.2. The zero-order valence-corrected chi connectivity index (χ0v) is 7.82. The van der Waals surface area contributed by atoms with Crippen molar-refractivity contribution >= 4 is 25.5 Å². The van der Waals surface area contributed by atoms with Gasteiger partial charge in [-0.2, -0.15) is 14.2 Å². The quantitative estimate of drug-likeness (QED) is 0.461. The minimum Gasteiger partial charge on any atom is -0.302 e. The van der Waals surface area contributed by atoms with Gasteiger partial charge in [-0.3, -0.25) is 0 Å². The normalized spacial score (nSPS) is 12.4. The van der Waals surface area contributed by atoms with Crippen molar-refractivity contribution in [1.29, 1.82) is 0 Å². The number of rotatable bonds is 2. The molecule has 1 unspecified atom stereocenters. The summed E-state index contributed by atoms with van der Waals surface area (Å²) in [5.41, 5.74) is 0. The van der Waals surface area contributed by atoms with Gasteiger partial charge in [0.1, 0.15) is 0 Å². The Labute approximate surface area is 64.0 Å². The highest BCUT2D eigenvalue weighted by atomic mass is 31.3. The van der Waals surface area contributed by atoms with Crippen LogP contribution in [-0.4, -0.2) is 19.6 Å². The van der Waals surface area contributed by atoms with Crippen molar-refractivity contribution < 1.29 is 37.3 Å². The third kappa shape index (κ3) is 11.5. The molecule has 0 aromatic carbocycles. The third-order valence-corrected chi connectivity index (χ3v) is 1.91. The summed E-state index contributed by atoms with van der Waals surface area (Å²) in [6, 6.07) is 0. The molecule has 0 amide bonds. The first-order chi connectivity index (χ1) is 3.71. The Hall–Kier alpha value is 0.690. The Balaban J connectivity index is -0.0000000533. The molecule has 7 nitrogen and oxygen atoms in total. The van der Waals surface area contributed by atoms with Crippen molar-refractivity contribution in [1.82, 2.24) is 0 Å². The van der Waals surface area contributed by atoms with Crippen molar-refractivity contribution in [3.05, 3.63) is 0 Å². The predicted octanol–water partition coefficient (Wildman–Crippen LogP) is -0.416. The Morgan fingerprint density at radius 2 is 1.20 bits per heavy atom. The number of phosphoric acid groups is 2. The molecule has 0 bridgehead atoms. The molecule has 0 rings (SSSR count). The Morgan fingerprint density at radius 3 is 1.20 bits per heavy atom. The van der Waals surface area contributed by atoms with E-state index in [1.807, 2.05) is 0 Å². The molecule has 0 fully saturated rings. The van der Waals surface area contributed by atoms with E-state index in [1.54, 1.807) is 0 Å². The van der Waals surface area contributed by atoms with E-state index in [9.17, 15) is 9.13 Å². The van der Waals surface area contributed by atoms with Gasteiger partial charge in [0.05, 0.1) is 0 Å². The first kappa shape index (κ1) is 13.3. The average molecular weight is 215 g/mol. The SMILES string of the molecule is O=P(O)(O)OP(=O)(O)O.P.[H+].[H+].[H+]. The first-order valence-electron chi connectivity index (χ1n) is 1.53. The molecule has 0 aromatic heterocycles. The summed E-state index contributed by atoms with van der Waals surface area (Å²) in [5, 5.41) is 0. The van der Waals surface area contributed by atoms with Crippen molar-refractivity contribution in [2.45, 2.75) is 0 Å². The molecule has 0 aromatic rings. The van der Waals surface area contributed by atoms with Gasteiger partial charge in [0.2, 0.25) is 0 Å². The van der Waals surface area contributed by atoms with E-state index in [4.69, 9.17) is 19.6 Å². The second kappa shape index (κ2) is 3.90. The van der Waals surface area contributed by atoms with Gasteiger partial charge < -0.3 is 19.6 Å². The van der Waals surface area contributed by atoms with Crippen molar-refractivity contribution in [2.75, 3.05) is 0 Å². The van der Waals surface area contributed by atoms with Crippen molar-refractivity contribution in [3.63, 3.8) is 0 Å². The lowest BCUT2D eigenvalue weighted by Crippen LogP contribution is -1.84. The van der Waals surface area contributed by atoms with Crippen LogP contribution in [0.2, 0.25) is 0 Å². The van der Waals surface area contributed by atoms with Crippen LogP contribution in [0.4, 0.5) is 0 Å². The summed E-state index contributed by atoms with van der Waals surface area (Å²) in [7, 11) is -10.1. The van der Waals surface area contributed by atoms with E-state index >= 15 is 0 Å². The van der Waals surface area contributed by atoms with Crippen molar-refractivity contribution in [3.8, 4) is 0 Å². The van der Waals surface area contributed by atoms with Gasteiger partial charge in [-0.1, -0.05) is 0 Å². The summed E-state index contributed by atoms with van der Waals surface area (Å²) in [6.07, 6.45) is 0. The van der Waals surface area contributed by atoms with Gasteiger partial charge in [0.15, 0.2) is 0 Å². The van der Waals surface area contributed by atoms with Crippen LogP contribution in [0.15, 0.2) is 0 Å². The van der Waals surface area contributed by atoms with Gasteiger partial charge in [-0.25, -0.2) is 9.13 Å². The Morgan fingerprint density at radius 1 is 1.00 bits per heavy atom. The summed E-state index contributed by atoms with van der Waals surface area (Å²) in [4.78, 5) is 31.0. The molecule has 0 heterocycles. The van der Waals surface area contributed by atoms with E-state index in [2.05, 4.69) is 4.31 Å². The lowest BCUT2D eigenvalue weighted by molar-refractivity contribution is 0.225. The molecular formula is H10O7P3+3. The minimum atomic E-state index is -5.05. The molecule has 1 atom stereocenters. The fourth-order valence-corrected chi connectivity index (χ4v) is 1.25. The van der Waals surface area contributed by atoms with E-state index < -0.39 is 15.6 Å². The van der Waals surface area contributed by atoms with Crippen LogP contribution < -0.4 is 0 Å². The molecule has 0 aliphatic rings. The fourth-order valence-electron chi connectivity index (χ4n) is 0.139. The van der Waals surface area contributed by atoms with Crippen LogP contribution in [0.25, 0.3) is 0 Å². The van der Waals surface area contributed by atoms with E-state index in [1.165, 1.54) is 0 Å². The standard InChI is InChI=1S/H4O7P2.H3P/c1-8(2,3)7-9(4,5)6;/h(H2,1,2,3)(H2,4,5,6);1H3/p+3. The van der Waals surface area contributed by atoms with Gasteiger partial charge >= 0.3 is 19.9 Å². The van der Waals surface area contributed by atoms with Gasteiger partial charge in [-0.15, -0.1) is 0 Å². The maximum Gasteiger partial charge on any atom is 1.00 e. The zero-order valence-electron chi connectivity index (χ0n) is 7.62. The second-order valence-corrected chi connectivity index (χ2v) is 3.68. The van der Waals surface area contributed by atoms with Crippen LogP contribution in [0.3, 0.4) is 0 Å². The summed E-state index contributed by atoms with van der Waals surface area (Å²) in [5.74, 6) is 0. The van der Waals surface area contributed by atoms with Crippen molar-refractivity contribution in [2.24, 2.45) is 0 Å². The second-order valence-electron chi connectivity index (χ2n) is 1.06. The number of hydrogen-bond acceptors (Lipinski definition) is 3. The molecule has 0 spiro atoms. The molecule has 0 saturated heterocycles. The minimum absolute atomic E-state index is 0. The topological polar surface area (TPSA) is 124 Å². The first-order valence-corrected chi connectivity index (χ1v) is 4.59. The average Bonchev–Trinajstić information content (AvgIpc) is 1.14. The highest BCUT2D eigenvalue weighted by Gasteiger charge is 2.27. The van der Waals surface area contributed by atoms with Gasteiger partial charge in [0.25, 0.3) is 0 Å². The molecule has 64 valence electrons. The monoisotopic (exact) mass is 215 g/mol. The highest BCUT2D eigenvalue weighted by molar-refractivity contribution is 7.60. The smallest absolute Gasteiger partial charge is 0.302 e. The largest absolute Gasteiger partial charge is 1.00 e. The Kier molecular flexibility index (Phi) is 5.19. The van der Waals surface area contributed by atoms with Crippen LogP contribution in [-0.2, 0) is 13.4 Å². The van der Waals surface area contributed by atoms with Crippen LogP contribution >= 0.6 is 25.5 Å². The number of hydrogen-bond donors (Lipinski definition) is 4. The Bertz CT molecular complexity index is 159. The van der Waals surface area contributed by atoms with Crippen LogP contribution in [0, 0.1) is 0 Å². The van der Waals surface area contributed by atoms with Crippen LogP contribution in [0.1, 0.15) is 4.28 Å². The zero-order chi connectivity index (χ0) is 7.71. The summed E-state index contributed by atoms with van der Waals surface area (Å²) >= 11 is 0. The van der Waals surface area contributed by atoms with Crippen LogP contribution in [0.5, 0.6) is 0 Å². The van der Waals surface area contributed by atoms with E-state index in [0.29, 0.717) is 0 Å². The van der Waals surface area contributed by atoms with E-state index in [0.717, 1.165) is 0 Å². The lowest BCUT2D eigenvalue weighted by atomic mass is 15.7. The maximum atomic E-state index is 9.63. The molecule has 0 aliphatic heterocycles. The summed E-state index contributed by atoms with van der Waals surface area (Å²) in [6.45, 7) is 0. The van der Waals surface area contributed by atoms with E-state index in [-0.39, 0.29) is 14.2 Å². The fraction of sp³-hybridized carbons (Fsp3) is 0. The molecular weight excluding hydrogens is 205 g/mol. The highest BCUT2D eigenvalue weighted by Crippen LogP contribution is 2.53. The third-order valence-electron chi connectivity index (χ3n) is 0.213. The predicted molar refractivity (Wildman–Crippen MR) is 39.6 cm³/mol.